The molecule has 2 aromatic carbocycles. The lowest BCUT2D eigenvalue weighted by Gasteiger charge is -2.35. The second-order valence-corrected chi connectivity index (χ2v) is 17.6. The van der Waals surface area contributed by atoms with Crippen LogP contribution >= 0.6 is 0 Å². The van der Waals surface area contributed by atoms with Crippen LogP contribution in [-0.4, -0.2) is 130 Å². The Labute approximate surface area is 378 Å². The topological polar surface area (TPSA) is 240 Å². The molecule has 0 radical (unpaired) electrons. The van der Waals surface area contributed by atoms with Gasteiger partial charge in [0.1, 0.15) is 23.7 Å². The maximum Gasteiger partial charge on any atom is 0.490 e. The Hall–Kier alpha value is -7.06. The highest BCUT2D eigenvalue weighted by Crippen LogP contribution is 2.36. The van der Waals surface area contributed by atoms with Gasteiger partial charge in [0.25, 0.3) is 0 Å². The zero-order chi connectivity index (χ0) is 48.2. The van der Waals surface area contributed by atoms with Crippen molar-refractivity contribution in [2.75, 3.05) is 27.2 Å². The molecule has 2 aliphatic heterocycles. The Morgan fingerprint density at radius 3 is 1.80 bits per heavy atom. The van der Waals surface area contributed by atoms with Crippen LogP contribution in [0.4, 0.5) is 22.8 Å². The van der Waals surface area contributed by atoms with Crippen LogP contribution in [0.5, 0.6) is 0 Å². The van der Waals surface area contributed by atoms with E-state index >= 15 is 0 Å². The van der Waals surface area contributed by atoms with Gasteiger partial charge in [0.2, 0.25) is 11.8 Å². The van der Waals surface area contributed by atoms with Crippen LogP contribution in [0.3, 0.4) is 0 Å². The number of methoxy groups -OCH3 is 1. The number of alkyl halides is 3. The van der Waals surface area contributed by atoms with Crippen LogP contribution < -0.4 is 5.32 Å². The van der Waals surface area contributed by atoms with Crippen LogP contribution in [0.25, 0.3) is 44.8 Å². The summed E-state index contributed by atoms with van der Waals surface area (Å²) in [6, 6.07) is 11.8. The number of nitrogens with one attached hydrogen (secondary N) is 3. The van der Waals surface area contributed by atoms with Crippen LogP contribution in [0.15, 0.2) is 61.1 Å². The van der Waals surface area contributed by atoms with Crippen molar-refractivity contribution in [1.82, 2.24) is 49.9 Å². The van der Waals surface area contributed by atoms with E-state index in [0.717, 1.165) is 75.4 Å². The summed E-state index contributed by atoms with van der Waals surface area (Å²) < 4.78 is 36.5. The SMILES string of the molecule is COC(=O)N[C@@H](C(=O)N1CCC[C@H]1c1ncc(-c2ccc3nc(-c4ccc(-c5cnc([C@@H]6CCCN6C(=O)[C@H](C(C)C)N(C)C(=O)O)[nH]5)cc4)cnc3c2)[nH]1)C(C)(C)C.O=C(O)C(F)(F)F. The van der Waals surface area contributed by atoms with E-state index in [1.165, 1.54) is 14.2 Å². The molecule has 21 heteroatoms. The number of alkyl carbamates (subject to hydrolysis) is 1. The van der Waals surface area contributed by atoms with E-state index < -0.39 is 41.8 Å². The Balaban J connectivity index is 0.000000952. The number of aromatic nitrogens is 6. The number of carbonyl (C=O) groups is 5. The normalized spacial score (nSPS) is 17.3. The lowest BCUT2D eigenvalue weighted by atomic mass is 9.85. The van der Waals surface area contributed by atoms with Crippen molar-refractivity contribution >= 4 is 41.0 Å². The minimum atomic E-state index is -5.08. The van der Waals surface area contributed by atoms with E-state index in [0.29, 0.717) is 24.7 Å². The molecule has 5 heterocycles. The lowest BCUT2D eigenvalue weighted by Crippen LogP contribution is -2.54. The van der Waals surface area contributed by atoms with Crippen LogP contribution in [0, 0.1) is 11.3 Å². The second kappa shape index (κ2) is 19.6. The number of hydrogen-bond acceptors (Lipinski definition) is 10. The fraction of sp³-hybridized carbons (Fsp3) is 0.444. The van der Waals surface area contributed by atoms with Crippen LogP contribution in [-0.2, 0) is 19.1 Å². The maximum absolute atomic E-state index is 13.8. The van der Waals surface area contributed by atoms with E-state index in [4.69, 9.17) is 24.6 Å². The summed E-state index contributed by atoms with van der Waals surface area (Å²) in [5.41, 5.74) is 5.95. The summed E-state index contributed by atoms with van der Waals surface area (Å²) in [6.07, 6.45) is 1.54. The standard InChI is InChI=1S/C43H52N10O6.C2HF3O2/c1-24(2)35(51(6)42(57)58)39(54)52-18-8-10-33(52)37-45-22-31(48-37)26-14-12-25(13-15-26)30-21-44-29-20-27(16-17-28(29)47-30)32-23-46-38(49-32)34-11-9-19-53(34)40(55)36(43(3,4)5)50-41(56)59-7;3-2(4,5)1(6)7/h12-17,20-24,33-36H,8-11,18-19H2,1-7H3,(H,45,48)(H,46,49)(H,50,56)(H,57,58);(H,6,7)/t33-,34-,35-,36-;/m0./s1. The molecule has 0 spiro atoms. The van der Waals surface area contributed by atoms with Gasteiger partial charge >= 0.3 is 24.3 Å². The number of nitrogens with zero attached hydrogens (tertiary/aromatic N) is 7. The highest BCUT2D eigenvalue weighted by Gasteiger charge is 2.42. The van der Waals surface area contributed by atoms with Gasteiger partial charge in [-0.1, -0.05) is 65.0 Å². The first-order chi connectivity index (χ1) is 31.1. The molecule has 4 atom stereocenters. The van der Waals surface area contributed by atoms with Gasteiger partial charge in [-0.3, -0.25) is 19.5 Å². The summed E-state index contributed by atoms with van der Waals surface area (Å²) in [5.74, 6) is -1.95. The molecule has 66 heavy (non-hydrogen) atoms. The third-order valence-corrected chi connectivity index (χ3v) is 11.6. The zero-order valence-electron chi connectivity index (χ0n) is 37.5. The number of rotatable bonds is 10. The van der Waals surface area contributed by atoms with Gasteiger partial charge in [0, 0.05) is 31.3 Å². The molecule has 0 unspecified atom stereocenters. The van der Waals surface area contributed by atoms with E-state index in [1.54, 1.807) is 28.4 Å². The molecule has 0 bridgehead atoms. The van der Waals surface area contributed by atoms with Crippen molar-refractivity contribution in [2.45, 2.75) is 90.6 Å². The van der Waals surface area contributed by atoms with Gasteiger partial charge in [0.05, 0.1) is 65.9 Å². The Morgan fingerprint density at radius 1 is 0.788 bits per heavy atom. The predicted octanol–water partition coefficient (Wildman–Crippen LogP) is 7.44. The average Bonchev–Trinajstić information content (AvgIpc) is 4.11. The van der Waals surface area contributed by atoms with Crippen LogP contribution in [0.2, 0.25) is 0 Å². The number of hydrogen-bond donors (Lipinski definition) is 5. The minimum absolute atomic E-state index is 0.170. The number of ether oxygens (including phenoxy) is 1. The van der Waals surface area contributed by atoms with Gasteiger partial charge in [-0.15, -0.1) is 0 Å². The van der Waals surface area contributed by atoms with Crippen molar-refractivity contribution in [3.8, 4) is 33.8 Å². The monoisotopic (exact) mass is 918 g/mol. The van der Waals surface area contributed by atoms with Crippen molar-refractivity contribution in [2.24, 2.45) is 11.3 Å². The van der Waals surface area contributed by atoms with Gasteiger partial charge in [-0.25, -0.2) is 29.3 Å². The van der Waals surface area contributed by atoms with Gasteiger partial charge < -0.3 is 40.0 Å². The Kier molecular flexibility index (Phi) is 14.4. The fourth-order valence-electron chi connectivity index (χ4n) is 8.25. The number of aliphatic carboxylic acids is 1. The number of imidazole rings is 2. The third kappa shape index (κ3) is 10.7. The molecule has 7 rings (SSSR count). The number of carbonyl (C=O) groups excluding carboxylic acids is 3. The first-order valence-electron chi connectivity index (χ1n) is 21.3. The molecule has 2 fully saturated rings. The van der Waals surface area contributed by atoms with E-state index in [2.05, 4.69) is 25.3 Å². The number of carboxylic acids is 1. The molecule has 2 saturated heterocycles. The third-order valence-electron chi connectivity index (χ3n) is 11.6. The van der Waals surface area contributed by atoms with Crippen LogP contribution in [0.1, 0.15) is 84.0 Å². The van der Waals surface area contributed by atoms with Gasteiger partial charge in [-0.05, 0) is 54.7 Å². The van der Waals surface area contributed by atoms with Crippen molar-refractivity contribution in [3.63, 3.8) is 0 Å². The number of aromatic amines is 2. The van der Waals surface area contributed by atoms with Crippen molar-refractivity contribution in [3.05, 3.63) is 72.7 Å². The summed E-state index contributed by atoms with van der Waals surface area (Å²) in [5, 5.41) is 19.4. The van der Waals surface area contributed by atoms with Gasteiger partial charge in [0.15, 0.2) is 0 Å². The molecule has 352 valence electrons. The molecule has 2 aliphatic rings. The largest absolute Gasteiger partial charge is 0.490 e. The van der Waals surface area contributed by atoms with E-state index in [1.807, 2.05) is 77.1 Å². The summed E-state index contributed by atoms with van der Waals surface area (Å²) in [4.78, 5) is 90.6. The smallest absolute Gasteiger partial charge is 0.475 e. The molecule has 0 aliphatic carbocycles. The Morgan fingerprint density at radius 2 is 1.30 bits per heavy atom. The minimum Gasteiger partial charge on any atom is -0.475 e. The first-order valence-corrected chi connectivity index (χ1v) is 21.3. The lowest BCUT2D eigenvalue weighted by molar-refractivity contribution is -0.192. The number of carboxylic acid groups (broad SMARTS) is 2. The molecule has 4 amide bonds. The maximum atomic E-state index is 13.8. The van der Waals surface area contributed by atoms with Crippen molar-refractivity contribution < 1.29 is 52.1 Å². The van der Waals surface area contributed by atoms with Gasteiger partial charge in [-0.2, -0.15) is 13.2 Å². The molecule has 3 aromatic heterocycles. The highest BCUT2D eigenvalue weighted by atomic mass is 19.4. The molecule has 18 nitrogen and oxygen atoms in total. The number of amides is 4. The molecule has 5 aromatic rings. The zero-order valence-corrected chi connectivity index (χ0v) is 37.5. The highest BCUT2D eigenvalue weighted by molar-refractivity contribution is 5.88. The van der Waals surface area contributed by atoms with Crippen molar-refractivity contribution in [1.29, 1.82) is 0 Å². The number of likely N-dealkylation sites (N-methyl/N-ethyl adjacent to an activating group) is 1. The van der Waals surface area contributed by atoms with E-state index in [9.17, 15) is 37.5 Å². The molecule has 5 N–H and O–H groups in total. The van der Waals surface area contributed by atoms with E-state index in [-0.39, 0.29) is 29.8 Å². The first kappa shape index (κ1) is 48.4. The quantitative estimate of drug-likeness (QED) is 0.0919. The average molecular weight is 919 g/mol. The summed E-state index contributed by atoms with van der Waals surface area (Å²) >= 11 is 0. The predicted molar refractivity (Wildman–Crippen MR) is 234 cm³/mol. The molecular weight excluding hydrogens is 866 g/mol. The summed E-state index contributed by atoms with van der Waals surface area (Å²) in [6.45, 7) is 10.6. The molecule has 0 saturated carbocycles. The second-order valence-electron chi connectivity index (χ2n) is 17.6. The number of likely N-dealkylation sites (tertiary alicyclic amines) is 2. The number of fused-ring (bicyclic) bond motifs is 1. The fourth-order valence-corrected chi connectivity index (χ4v) is 8.25. The molecular formula is C45H53F3N10O8. The Bertz CT molecular complexity index is 2570. The summed E-state index contributed by atoms with van der Waals surface area (Å²) in [7, 11) is 2.73. The number of halogens is 3. The number of H-pyrrole nitrogens is 2. The number of benzene rings is 2.